The van der Waals surface area contributed by atoms with Crippen molar-refractivity contribution in [2.75, 3.05) is 18.5 Å². The number of carbonyl (C=O) groups is 2. The number of anilines is 1. The lowest BCUT2D eigenvalue weighted by atomic mass is 10.00. The van der Waals surface area contributed by atoms with E-state index < -0.39 is 11.9 Å². The Morgan fingerprint density at radius 2 is 2.04 bits per heavy atom. The van der Waals surface area contributed by atoms with Crippen LogP contribution in [0.3, 0.4) is 0 Å². The summed E-state index contributed by atoms with van der Waals surface area (Å²) < 4.78 is 5.84. The van der Waals surface area contributed by atoms with Crippen LogP contribution in [0.4, 0.5) is 10.5 Å². The van der Waals surface area contributed by atoms with Gasteiger partial charge in [0.25, 0.3) is 5.91 Å². The molecule has 0 unspecified atom stereocenters. The highest BCUT2D eigenvalue weighted by Crippen LogP contribution is 2.37. The minimum absolute atomic E-state index is 0.00185. The molecule has 0 radical (unpaired) electrons. The lowest BCUT2D eigenvalue weighted by Crippen LogP contribution is -2.38. The summed E-state index contributed by atoms with van der Waals surface area (Å²) in [4.78, 5) is 26.8. The second-order valence-corrected chi connectivity index (χ2v) is 6.70. The maximum Gasteiger partial charge on any atom is 0.345 e. The zero-order valence-corrected chi connectivity index (χ0v) is 16.0. The van der Waals surface area contributed by atoms with E-state index in [1.807, 2.05) is 57.0 Å². The number of hydrogen-bond acceptors (Lipinski definition) is 5. The van der Waals surface area contributed by atoms with Crippen molar-refractivity contribution in [2.45, 2.75) is 27.2 Å². The smallest absolute Gasteiger partial charge is 0.345 e. The molecule has 7 nitrogen and oxygen atoms in total. The van der Waals surface area contributed by atoms with Crippen molar-refractivity contribution >= 4 is 23.3 Å². The van der Waals surface area contributed by atoms with Crippen LogP contribution in [0, 0.1) is 5.92 Å². The number of carbonyl (C=O) groups excluding carboxylic acids is 2. The molecule has 0 aliphatic carbocycles. The van der Waals surface area contributed by atoms with Gasteiger partial charge in [-0.25, -0.2) is 4.79 Å². The fourth-order valence-electron chi connectivity index (χ4n) is 2.88. The predicted octanol–water partition coefficient (Wildman–Crippen LogP) is 3.26. The molecule has 1 N–H and O–H groups in total. The first-order valence-electron chi connectivity index (χ1n) is 9.07. The summed E-state index contributed by atoms with van der Waals surface area (Å²) in [5, 5.41) is 7.83. The summed E-state index contributed by atoms with van der Waals surface area (Å²) >= 11 is 0. The van der Waals surface area contributed by atoms with Crippen LogP contribution in [-0.2, 0) is 4.79 Å². The number of ether oxygens (including phenoxy) is 1. The number of nitrogens with zero attached hydrogens (tertiary/aromatic N) is 3. The number of imide groups is 1. The third kappa shape index (κ3) is 3.58. The van der Waals surface area contributed by atoms with E-state index in [-0.39, 0.29) is 5.92 Å². The molecule has 3 amide bonds. The maximum atomic E-state index is 12.7. The van der Waals surface area contributed by atoms with Gasteiger partial charge in [-0.1, -0.05) is 32.9 Å². The van der Waals surface area contributed by atoms with Crippen molar-refractivity contribution < 1.29 is 14.3 Å². The van der Waals surface area contributed by atoms with Gasteiger partial charge in [0.05, 0.1) is 17.0 Å². The summed E-state index contributed by atoms with van der Waals surface area (Å²) in [5.74, 6) is 0.943. The Labute approximate surface area is 159 Å². The largest absolute Gasteiger partial charge is 0.439 e. The summed E-state index contributed by atoms with van der Waals surface area (Å²) in [5.41, 5.74) is 1.94. The van der Waals surface area contributed by atoms with Crippen LogP contribution >= 0.6 is 0 Å². The highest BCUT2D eigenvalue weighted by Gasteiger charge is 2.35. The Morgan fingerprint density at radius 3 is 2.70 bits per heavy atom. The third-order valence-electron chi connectivity index (χ3n) is 4.34. The Bertz CT molecular complexity index is 855. The van der Waals surface area contributed by atoms with Crippen LogP contribution in [-0.4, -0.2) is 36.3 Å². The van der Waals surface area contributed by atoms with E-state index in [1.54, 1.807) is 12.2 Å². The summed E-state index contributed by atoms with van der Waals surface area (Å²) in [6.45, 7) is 6.32. The monoisotopic (exact) mass is 368 g/mol. The van der Waals surface area contributed by atoms with Gasteiger partial charge >= 0.3 is 6.03 Å². The number of hydrazone groups is 1. The Hall–Kier alpha value is -3.09. The normalized spacial score (nSPS) is 19.0. The van der Waals surface area contributed by atoms with Crippen LogP contribution in [0.5, 0.6) is 5.75 Å². The van der Waals surface area contributed by atoms with Gasteiger partial charge in [-0.15, -0.1) is 5.01 Å². The molecule has 0 saturated carbocycles. The number of para-hydroxylation sites is 2. The molecule has 142 valence electrons. The first kappa shape index (κ1) is 18.7. The molecule has 27 heavy (non-hydrogen) atoms. The number of fused-ring (bicyclic) bond motifs is 1. The summed E-state index contributed by atoms with van der Waals surface area (Å²) in [6, 6.07) is 7.20. The SMILES string of the molecule is CCCNC(=O)N1N=C(C(C)C)/C(=C\C=C2\Oc3ccccc3N2C)C1=O. The average Bonchev–Trinajstić information content (AvgIpc) is 3.15. The standard InChI is InChI=1S/C20H24N4O3/c1-5-12-21-20(26)24-19(25)14(18(22-24)13(2)3)10-11-17-23(4)15-8-6-7-9-16(15)27-17/h6-11,13H,5,12H2,1-4H3,(H,21,26)/b14-10+,17-11+. The molecule has 2 heterocycles. The second-order valence-electron chi connectivity index (χ2n) is 6.70. The molecule has 0 saturated heterocycles. The molecule has 3 rings (SSSR count). The van der Waals surface area contributed by atoms with Crippen molar-refractivity contribution in [1.82, 2.24) is 10.3 Å². The number of allylic oxidation sites excluding steroid dienone is 2. The van der Waals surface area contributed by atoms with Crippen molar-refractivity contribution in [3.05, 3.63) is 47.9 Å². The Kier molecular flexibility index (Phi) is 5.30. The zero-order chi connectivity index (χ0) is 19.6. The van der Waals surface area contributed by atoms with Gasteiger partial charge in [-0.3, -0.25) is 4.79 Å². The molecule has 2 aliphatic heterocycles. The highest BCUT2D eigenvalue weighted by atomic mass is 16.5. The maximum absolute atomic E-state index is 12.7. The minimum atomic E-state index is -0.502. The fraction of sp³-hybridized carbons (Fsp3) is 0.350. The summed E-state index contributed by atoms with van der Waals surface area (Å²) in [7, 11) is 1.90. The molecular formula is C20H24N4O3. The molecule has 0 fully saturated rings. The van der Waals surface area contributed by atoms with Crippen molar-refractivity contribution in [1.29, 1.82) is 0 Å². The van der Waals surface area contributed by atoms with E-state index in [9.17, 15) is 9.59 Å². The van der Waals surface area contributed by atoms with E-state index in [0.717, 1.165) is 22.9 Å². The molecule has 0 spiro atoms. The van der Waals surface area contributed by atoms with E-state index in [4.69, 9.17) is 4.74 Å². The van der Waals surface area contributed by atoms with Gasteiger partial charge in [-0.2, -0.15) is 5.10 Å². The fourth-order valence-corrected chi connectivity index (χ4v) is 2.88. The van der Waals surface area contributed by atoms with Gasteiger partial charge in [-0.05, 0) is 36.6 Å². The topological polar surface area (TPSA) is 74.2 Å². The first-order chi connectivity index (χ1) is 12.9. The molecule has 1 aromatic carbocycles. The van der Waals surface area contributed by atoms with Crippen LogP contribution in [0.2, 0.25) is 0 Å². The molecule has 0 bridgehead atoms. The molecule has 2 aliphatic rings. The lowest BCUT2D eigenvalue weighted by Gasteiger charge is -2.11. The van der Waals surface area contributed by atoms with Crippen molar-refractivity contribution in [2.24, 2.45) is 11.0 Å². The van der Waals surface area contributed by atoms with Crippen LogP contribution < -0.4 is 15.0 Å². The van der Waals surface area contributed by atoms with Gasteiger partial charge in [0, 0.05) is 13.6 Å². The molecule has 7 heteroatoms. The number of nitrogens with one attached hydrogen (secondary N) is 1. The van der Waals surface area contributed by atoms with E-state index >= 15 is 0 Å². The number of amides is 3. The second kappa shape index (κ2) is 7.65. The first-order valence-corrected chi connectivity index (χ1v) is 9.07. The minimum Gasteiger partial charge on any atom is -0.439 e. The summed E-state index contributed by atoms with van der Waals surface area (Å²) in [6.07, 6.45) is 4.19. The van der Waals surface area contributed by atoms with E-state index in [1.165, 1.54) is 0 Å². The molecule has 0 aromatic heterocycles. The van der Waals surface area contributed by atoms with Crippen LogP contribution in [0.15, 0.2) is 53.0 Å². The van der Waals surface area contributed by atoms with Gasteiger partial charge in [0.2, 0.25) is 0 Å². The van der Waals surface area contributed by atoms with Crippen molar-refractivity contribution in [3.8, 4) is 5.75 Å². The van der Waals surface area contributed by atoms with Gasteiger partial charge in [0.15, 0.2) is 11.6 Å². The van der Waals surface area contributed by atoms with Crippen LogP contribution in [0.25, 0.3) is 0 Å². The predicted molar refractivity (Wildman–Crippen MR) is 104 cm³/mol. The Morgan fingerprint density at radius 1 is 1.30 bits per heavy atom. The van der Waals surface area contributed by atoms with Crippen molar-refractivity contribution in [3.63, 3.8) is 0 Å². The number of benzene rings is 1. The third-order valence-corrected chi connectivity index (χ3v) is 4.34. The quantitative estimate of drug-likeness (QED) is 0.828. The molecule has 0 atom stereocenters. The molecular weight excluding hydrogens is 344 g/mol. The van der Waals surface area contributed by atoms with Gasteiger partial charge in [0.1, 0.15) is 0 Å². The number of rotatable bonds is 4. The average molecular weight is 368 g/mol. The number of urea groups is 1. The van der Waals surface area contributed by atoms with E-state index in [2.05, 4.69) is 10.4 Å². The lowest BCUT2D eigenvalue weighted by molar-refractivity contribution is -0.123. The van der Waals surface area contributed by atoms with Crippen LogP contribution in [0.1, 0.15) is 27.2 Å². The van der Waals surface area contributed by atoms with Gasteiger partial charge < -0.3 is 15.0 Å². The van der Waals surface area contributed by atoms with E-state index in [0.29, 0.717) is 23.7 Å². The molecule has 1 aromatic rings. The highest BCUT2D eigenvalue weighted by molar-refractivity contribution is 6.28. The number of hydrogen-bond donors (Lipinski definition) is 1. The Balaban J connectivity index is 1.86. The zero-order valence-electron chi connectivity index (χ0n) is 16.0.